The molecule has 1 aromatic carbocycles. The molecule has 0 radical (unpaired) electrons. The molecule has 1 aromatic rings. The second-order valence-corrected chi connectivity index (χ2v) is 4.83. The normalized spacial score (nSPS) is 28.2. The molecule has 3 rings (SSSR count). The van der Waals surface area contributed by atoms with Gasteiger partial charge in [-0.15, -0.1) is 0 Å². The maximum atomic E-state index is 12.3. The smallest absolute Gasteiger partial charge is 0.238 e. The highest BCUT2D eigenvalue weighted by Gasteiger charge is 2.67. The fourth-order valence-electron chi connectivity index (χ4n) is 2.90. The van der Waals surface area contributed by atoms with E-state index in [4.69, 9.17) is 10.00 Å². The van der Waals surface area contributed by atoms with E-state index in [2.05, 4.69) is 6.07 Å². The minimum atomic E-state index is -0.591. The Kier molecular flexibility index (Phi) is 2.15. The van der Waals surface area contributed by atoms with Crippen LogP contribution in [-0.4, -0.2) is 19.6 Å². The minimum Gasteiger partial charge on any atom is -0.494 e. The lowest BCUT2D eigenvalue weighted by molar-refractivity contribution is -0.120. The van der Waals surface area contributed by atoms with E-state index in [1.807, 2.05) is 25.1 Å². The number of benzene rings is 1. The number of hydrogen-bond acceptors (Lipinski definition) is 3. The lowest BCUT2D eigenvalue weighted by Gasteiger charge is -2.10. The van der Waals surface area contributed by atoms with Crippen LogP contribution in [0.2, 0.25) is 0 Å². The van der Waals surface area contributed by atoms with Gasteiger partial charge in [-0.3, -0.25) is 4.79 Å². The summed E-state index contributed by atoms with van der Waals surface area (Å²) in [5.41, 5.74) is 1.26. The molecule has 1 amide bonds. The monoisotopic (exact) mass is 242 g/mol. The van der Waals surface area contributed by atoms with E-state index in [9.17, 15) is 4.79 Å². The lowest BCUT2D eigenvalue weighted by atomic mass is 9.95. The van der Waals surface area contributed by atoms with Crippen LogP contribution >= 0.6 is 0 Å². The minimum absolute atomic E-state index is 0.0395. The Bertz CT molecular complexity index is 576. The van der Waals surface area contributed by atoms with Gasteiger partial charge in [0.15, 0.2) is 0 Å². The quantitative estimate of drug-likeness (QED) is 0.795. The summed E-state index contributed by atoms with van der Waals surface area (Å²) in [5, 5.41) is 9.08. The van der Waals surface area contributed by atoms with Crippen LogP contribution in [0.15, 0.2) is 18.2 Å². The van der Waals surface area contributed by atoms with E-state index >= 15 is 0 Å². The predicted molar refractivity (Wildman–Crippen MR) is 66.4 cm³/mol. The summed E-state index contributed by atoms with van der Waals surface area (Å²) in [6.07, 6.45) is 0.634. The van der Waals surface area contributed by atoms with Crippen molar-refractivity contribution in [3.63, 3.8) is 0 Å². The molecule has 18 heavy (non-hydrogen) atoms. The highest BCUT2D eigenvalue weighted by Crippen LogP contribution is 2.61. The molecule has 2 aliphatic rings. The first-order valence-corrected chi connectivity index (χ1v) is 6.10. The van der Waals surface area contributed by atoms with Crippen molar-refractivity contribution in [1.29, 1.82) is 5.26 Å². The van der Waals surface area contributed by atoms with Gasteiger partial charge in [0.1, 0.15) is 5.75 Å². The molecule has 2 unspecified atom stereocenters. The van der Waals surface area contributed by atoms with Crippen molar-refractivity contribution in [2.24, 2.45) is 5.92 Å². The first-order valence-electron chi connectivity index (χ1n) is 6.10. The number of nitrogens with zero attached hydrogens (tertiary/aromatic N) is 2. The number of likely N-dealkylation sites (N-methyl/N-ethyl adjacent to an activating group) is 1. The number of ether oxygens (including phenoxy) is 1. The molecule has 2 atom stereocenters. The zero-order valence-corrected chi connectivity index (χ0v) is 10.4. The van der Waals surface area contributed by atoms with Crippen molar-refractivity contribution in [1.82, 2.24) is 0 Å². The van der Waals surface area contributed by atoms with Crippen molar-refractivity contribution in [3.8, 4) is 11.8 Å². The van der Waals surface area contributed by atoms with Crippen LogP contribution < -0.4 is 9.64 Å². The van der Waals surface area contributed by atoms with Gasteiger partial charge in [0.05, 0.1) is 24.0 Å². The van der Waals surface area contributed by atoms with E-state index in [1.54, 1.807) is 11.9 Å². The molecule has 1 aliphatic carbocycles. The molecule has 0 saturated heterocycles. The SMILES string of the molecule is CCOc1ccc2c(c1)C1(CC1C#N)C(=O)N2C. The van der Waals surface area contributed by atoms with E-state index in [-0.39, 0.29) is 11.8 Å². The number of amides is 1. The summed E-state index contributed by atoms with van der Waals surface area (Å²) in [7, 11) is 1.77. The molecule has 0 N–H and O–H groups in total. The first-order chi connectivity index (χ1) is 8.65. The summed E-state index contributed by atoms with van der Waals surface area (Å²) in [4.78, 5) is 14.0. The highest BCUT2D eigenvalue weighted by atomic mass is 16.5. The van der Waals surface area contributed by atoms with Gasteiger partial charge >= 0.3 is 0 Å². The predicted octanol–water partition coefficient (Wildman–Crippen LogP) is 1.84. The average Bonchev–Trinajstić information content (AvgIpc) is 3.08. The fraction of sp³-hybridized carbons (Fsp3) is 0.429. The van der Waals surface area contributed by atoms with Gasteiger partial charge in [0, 0.05) is 12.7 Å². The third-order valence-electron chi connectivity index (χ3n) is 3.92. The number of fused-ring (bicyclic) bond motifs is 2. The first kappa shape index (κ1) is 11.1. The van der Waals surface area contributed by atoms with Crippen LogP contribution in [0.5, 0.6) is 5.75 Å². The third kappa shape index (κ3) is 1.16. The summed E-state index contributed by atoms with van der Waals surface area (Å²) in [6, 6.07) is 7.91. The molecule has 1 spiro atoms. The van der Waals surface area contributed by atoms with Gasteiger partial charge in [-0.05, 0) is 37.1 Å². The topological polar surface area (TPSA) is 53.3 Å². The highest BCUT2D eigenvalue weighted by molar-refractivity contribution is 6.10. The maximum Gasteiger partial charge on any atom is 0.238 e. The van der Waals surface area contributed by atoms with Crippen LogP contribution in [0.25, 0.3) is 0 Å². The number of nitriles is 1. The van der Waals surface area contributed by atoms with Gasteiger partial charge in [-0.1, -0.05) is 0 Å². The Morgan fingerprint density at radius 3 is 3.00 bits per heavy atom. The van der Waals surface area contributed by atoms with Crippen LogP contribution in [-0.2, 0) is 10.2 Å². The van der Waals surface area contributed by atoms with Crippen molar-refractivity contribution in [2.75, 3.05) is 18.6 Å². The van der Waals surface area contributed by atoms with Gasteiger partial charge in [0.2, 0.25) is 5.91 Å². The van der Waals surface area contributed by atoms with Gasteiger partial charge < -0.3 is 9.64 Å². The molecule has 0 bridgehead atoms. The van der Waals surface area contributed by atoms with Crippen LogP contribution in [0.1, 0.15) is 18.9 Å². The molecule has 1 saturated carbocycles. The Morgan fingerprint density at radius 2 is 2.39 bits per heavy atom. The molecule has 0 aromatic heterocycles. The van der Waals surface area contributed by atoms with Gasteiger partial charge in [0.25, 0.3) is 0 Å². The van der Waals surface area contributed by atoms with Crippen molar-refractivity contribution < 1.29 is 9.53 Å². The molecule has 4 nitrogen and oxygen atoms in total. The van der Waals surface area contributed by atoms with Crippen LogP contribution in [0.3, 0.4) is 0 Å². The van der Waals surface area contributed by atoms with Crippen molar-refractivity contribution >= 4 is 11.6 Å². The molecule has 1 aliphatic heterocycles. The summed E-state index contributed by atoms with van der Waals surface area (Å²) in [6.45, 7) is 2.52. The molecule has 92 valence electrons. The number of carbonyl (C=O) groups excluding carboxylic acids is 1. The number of carbonyl (C=O) groups is 1. The second kappa shape index (κ2) is 3.49. The Morgan fingerprint density at radius 1 is 1.61 bits per heavy atom. The Hall–Kier alpha value is -2.02. The Labute approximate surface area is 106 Å². The van der Waals surface area contributed by atoms with Crippen LogP contribution in [0.4, 0.5) is 5.69 Å². The van der Waals surface area contributed by atoms with Gasteiger partial charge in [-0.2, -0.15) is 5.26 Å². The largest absolute Gasteiger partial charge is 0.494 e. The van der Waals surface area contributed by atoms with E-state index in [0.29, 0.717) is 13.0 Å². The number of hydrogen-bond donors (Lipinski definition) is 0. The number of rotatable bonds is 2. The number of anilines is 1. The molecular weight excluding hydrogens is 228 g/mol. The van der Waals surface area contributed by atoms with E-state index < -0.39 is 5.41 Å². The summed E-state index contributed by atoms with van der Waals surface area (Å²) in [5.74, 6) is 0.616. The van der Waals surface area contributed by atoms with Crippen molar-refractivity contribution in [2.45, 2.75) is 18.8 Å². The average molecular weight is 242 g/mol. The van der Waals surface area contributed by atoms with Crippen molar-refractivity contribution in [3.05, 3.63) is 23.8 Å². The Balaban J connectivity index is 2.11. The molecule has 1 heterocycles. The zero-order chi connectivity index (χ0) is 12.9. The van der Waals surface area contributed by atoms with E-state index in [1.165, 1.54) is 0 Å². The second-order valence-electron chi connectivity index (χ2n) is 4.83. The standard InChI is InChI=1S/C14H14N2O2/c1-3-18-10-4-5-12-11(6-10)14(7-9(14)8-15)13(17)16(12)2/h4-6,9H,3,7H2,1-2H3. The fourth-order valence-corrected chi connectivity index (χ4v) is 2.90. The molecular formula is C14H14N2O2. The van der Waals surface area contributed by atoms with Gasteiger partial charge in [-0.25, -0.2) is 0 Å². The van der Waals surface area contributed by atoms with Crippen LogP contribution in [0, 0.1) is 17.2 Å². The summed E-state index contributed by atoms with van der Waals surface area (Å²) >= 11 is 0. The third-order valence-corrected chi connectivity index (χ3v) is 3.92. The summed E-state index contributed by atoms with van der Waals surface area (Å²) < 4.78 is 5.48. The molecule has 4 heteroatoms. The maximum absolute atomic E-state index is 12.3. The lowest BCUT2D eigenvalue weighted by Crippen LogP contribution is -2.29. The zero-order valence-electron chi connectivity index (χ0n) is 10.4. The van der Waals surface area contributed by atoms with E-state index in [0.717, 1.165) is 17.0 Å². The molecule has 1 fully saturated rings.